The summed E-state index contributed by atoms with van der Waals surface area (Å²) in [6.45, 7) is 5.24. The van der Waals surface area contributed by atoms with E-state index in [0.29, 0.717) is 0 Å². The van der Waals surface area contributed by atoms with Crippen molar-refractivity contribution in [2.75, 3.05) is 13.7 Å². The second-order valence-electron chi connectivity index (χ2n) is 5.08. The Balaban J connectivity index is 2.78. The zero-order valence-electron chi connectivity index (χ0n) is 12.6. The van der Waals surface area contributed by atoms with Crippen LogP contribution < -0.4 is 5.32 Å². The first-order valence-electron chi connectivity index (χ1n) is 7.32. The van der Waals surface area contributed by atoms with Crippen molar-refractivity contribution in [2.45, 2.75) is 51.7 Å². The lowest BCUT2D eigenvalue weighted by molar-refractivity contribution is 0.0609. The lowest BCUT2D eigenvalue weighted by Gasteiger charge is -2.27. The Morgan fingerprint density at radius 3 is 2.60 bits per heavy atom. The number of hydrogen-bond acceptors (Lipinski definition) is 2. The van der Waals surface area contributed by atoms with Crippen LogP contribution in [0.5, 0.6) is 0 Å². The third-order valence-corrected chi connectivity index (χ3v) is 3.71. The Morgan fingerprint density at radius 2 is 2.05 bits per heavy atom. The van der Waals surface area contributed by atoms with E-state index in [0.717, 1.165) is 37.8 Å². The zero-order chi connectivity index (χ0) is 15.0. The Bertz CT molecular complexity index is 400. The van der Waals surface area contributed by atoms with Crippen LogP contribution in [0.15, 0.2) is 18.2 Å². The number of hydrogen-bond donors (Lipinski definition) is 1. The number of rotatable bonds is 9. The van der Waals surface area contributed by atoms with Crippen molar-refractivity contribution in [3.05, 3.63) is 34.6 Å². The highest BCUT2D eigenvalue weighted by atomic mass is 35.5. The average molecular weight is 302 g/mol. The van der Waals surface area contributed by atoms with E-state index in [-0.39, 0.29) is 23.0 Å². The second-order valence-corrected chi connectivity index (χ2v) is 5.48. The van der Waals surface area contributed by atoms with Gasteiger partial charge in [-0.25, -0.2) is 4.39 Å². The van der Waals surface area contributed by atoms with Crippen molar-refractivity contribution < 1.29 is 9.13 Å². The van der Waals surface area contributed by atoms with Crippen LogP contribution in [-0.2, 0) is 11.2 Å². The number of benzene rings is 1. The molecule has 0 aliphatic heterocycles. The van der Waals surface area contributed by atoms with E-state index in [2.05, 4.69) is 19.2 Å². The largest absolute Gasteiger partial charge is 0.380 e. The van der Waals surface area contributed by atoms with Gasteiger partial charge in [0.2, 0.25) is 0 Å². The van der Waals surface area contributed by atoms with Gasteiger partial charge in [0.25, 0.3) is 0 Å². The predicted molar refractivity (Wildman–Crippen MR) is 82.9 cm³/mol. The van der Waals surface area contributed by atoms with Gasteiger partial charge in [0.15, 0.2) is 0 Å². The minimum atomic E-state index is -0.370. The fourth-order valence-electron chi connectivity index (χ4n) is 2.35. The highest BCUT2D eigenvalue weighted by Gasteiger charge is 2.20. The molecule has 2 nitrogen and oxygen atoms in total. The first kappa shape index (κ1) is 17.4. The SMILES string of the molecule is CCCNC(Cc1ccc(F)c(Cl)c1)C(CCC)OC. The van der Waals surface area contributed by atoms with E-state index >= 15 is 0 Å². The van der Waals surface area contributed by atoms with Crippen molar-refractivity contribution in [1.82, 2.24) is 5.32 Å². The molecule has 0 heterocycles. The van der Waals surface area contributed by atoms with Gasteiger partial charge in [0.05, 0.1) is 11.1 Å². The highest BCUT2D eigenvalue weighted by molar-refractivity contribution is 6.30. The number of methoxy groups -OCH3 is 1. The van der Waals surface area contributed by atoms with E-state index < -0.39 is 0 Å². The number of ether oxygens (including phenoxy) is 1. The molecule has 0 aliphatic rings. The number of nitrogens with one attached hydrogen (secondary N) is 1. The minimum absolute atomic E-state index is 0.162. The molecular formula is C16H25ClFNO. The van der Waals surface area contributed by atoms with Gasteiger partial charge in [-0.3, -0.25) is 0 Å². The van der Waals surface area contributed by atoms with Crippen LogP contribution in [0.3, 0.4) is 0 Å². The molecule has 0 bridgehead atoms. The van der Waals surface area contributed by atoms with Crippen molar-refractivity contribution in [3.63, 3.8) is 0 Å². The van der Waals surface area contributed by atoms with Crippen molar-refractivity contribution in [1.29, 1.82) is 0 Å². The smallest absolute Gasteiger partial charge is 0.141 e. The predicted octanol–water partition coefficient (Wildman–Crippen LogP) is 4.20. The van der Waals surface area contributed by atoms with E-state index in [1.54, 1.807) is 19.2 Å². The van der Waals surface area contributed by atoms with Gasteiger partial charge in [-0.2, -0.15) is 0 Å². The quantitative estimate of drug-likeness (QED) is 0.738. The van der Waals surface area contributed by atoms with E-state index in [4.69, 9.17) is 16.3 Å². The van der Waals surface area contributed by atoms with Gasteiger partial charge in [0, 0.05) is 13.2 Å². The summed E-state index contributed by atoms with van der Waals surface area (Å²) in [4.78, 5) is 0. The maximum Gasteiger partial charge on any atom is 0.141 e. The van der Waals surface area contributed by atoms with Crippen molar-refractivity contribution >= 4 is 11.6 Å². The minimum Gasteiger partial charge on any atom is -0.380 e. The average Bonchev–Trinajstić information content (AvgIpc) is 2.45. The summed E-state index contributed by atoms with van der Waals surface area (Å²) in [6.07, 6.45) is 4.11. The molecule has 1 aromatic carbocycles. The molecule has 1 rings (SSSR count). The lowest BCUT2D eigenvalue weighted by atomic mass is 9.98. The van der Waals surface area contributed by atoms with Gasteiger partial charge in [-0.05, 0) is 43.5 Å². The molecule has 0 saturated heterocycles. The van der Waals surface area contributed by atoms with Crippen molar-refractivity contribution in [3.8, 4) is 0 Å². The summed E-state index contributed by atoms with van der Waals surface area (Å²) in [5.41, 5.74) is 1.03. The van der Waals surface area contributed by atoms with Crippen LogP contribution in [0, 0.1) is 5.82 Å². The molecule has 0 radical (unpaired) electrons. The molecule has 4 heteroatoms. The molecule has 1 aromatic rings. The Hall–Kier alpha value is -0.640. The zero-order valence-corrected chi connectivity index (χ0v) is 13.3. The molecule has 1 N–H and O–H groups in total. The molecule has 0 aromatic heterocycles. The molecule has 0 aliphatic carbocycles. The molecule has 2 atom stereocenters. The summed E-state index contributed by atoms with van der Waals surface area (Å²) in [6, 6.07) is 5.15. The summed E-state index contributed by atoms with van der Waals surface area (Å²) < 4.78 is 18.8. The van der Waals surface area contributed by atoms with E-state index in [1.807, 2.05) is 0 Å². The normalized spacial score (nSPS) is 14.2. The first-order chi connectivity index (χ1) is 9.62. The molecule has 20 heavy (non-hydrogen) atoms. The highest BCUT2D eigenvalue weighted by Crippen LogP contribution is 2.19. The van der Waals surface area contributed by atoms with Crippen LogP contribution in [-0.4, -0.2) is 25.8 Å². The van der Waals surface area contributed by atoms with Gasteiger partial charge in [-0.1, -0.05) is 37.9 Å². The Kier molecular flexibility index (Phi) is 8.12. The third kappa shape index (κ3) is 5.39. The molecule has 0 spiro atoms. The van der Waals surface area contributed by atoms with Gasteiger partial charge in [-0.15, -0.1) is 0 Å². The Labute approximate surface area is 126 Å². The second kappa shape index (κ2) is 9.32. The first-order valence-corrected chi connectivity index (χ1v) is 7.70. The van der Waals surface area contributed by atoms with Gasteiger partial charge in [0.1, 0.15) is 5.82 Å². The third-order valence-electron chi connectivity index (χ3n) is 3.42. The van der Waals surface area contributed by atoms with Crippen LogP contribution >= 0.6 is 11.6 Å². The van der Waals surface area contributed by atoms with Gasteiger partial charge < -0.3 is 10.1 Å². The maximum absolute atomic E-state index is 13.2. The summed E-state index contributed by atoms with van der Waals surface area (Å²) in [5.74, 6) is -0.370. The summed E-state index contributed by atoms with van der Waals surface area (Å²) >= 11 is 5.85. The molecule has 0 fully saturated rings. The summed E-state index contributed by atoms with van der Waals surface area (Å²) in [7, 11) is 1.75. The molecule has 114 valence electrons. The maximum atomic E-state index is 13.2. The molecular weight excluding hydrogens is 277 g/mol. The number of halogens is 2. The monoisotopic (exact) mass is 301 g/mol. The molecule has 2 unspecified atom stereocenters. The van der Waals surface area contributed by atoms with E-state index in [9.17, 15) is 4.39 Å². The lowest BCUT2D eigenvalue weighted by Crippen LogP contribution is -2.43. The molecule has 0 saturated carbocycles. The summed E-state index contributed by atoms with van der Waals surface area (Å²) in [5, 5.41) is 3.71. The van der Waals surface area contributed by atoms with Crippen LogP contribution in [0.2, 0.25) is 5.02 Å². The standard InChI is InChI=1S/C16H25ClFNO/c1-4-6-16(20-3)15(19-9-5-2)11-12-7-8-14(18)13(17)10-12/h7-8,10,15-16,19H,4-6,9,11H2,1-3H3. The Morgan fingerprint density at radius 1 is 1.30 bits per heavy atom. The van der Waals surface area contributed by atoms with Crippen LogP contribution in [0.4, 0.5) is 4.39 Å². The fraction of sp³-hybridized carbons (Fsp3) is 0.625. The van der Waals surface area contributed by atoms with E-state index in [1.165, 1.54) is 6.07 Å². The van der Waals surface area contributed by atoms with Crippen LogP contribution in [0.1, 0.15) is 38.7 Å². The fourth-order valence-corrected chi connectivity index (χ4v) is 2.56. The van der Waals surface area contributed by atoms with Crippen LogP contribution in [0.25, 0.3) is 0 Å². The topological polar surface area (TPSA) is 21.3 Å². The molecule has 0 amide bonds. The van der Waals surface area contributed by atoms with Gasteiger partial charge >= 0.3 is 0 Å². The van der Waals surface area contributed by atoms with Crippen molar-refractivity contribution in [2.24, 2.45) is 0 Å².